The molecule has 6 heteroatoms. The second-order valence-electron chi connectivity index (χ2n) is 2.72. The van der Waals surface area contributed by atoms with Crippen LogP contribution in [0.1, 0.15) is 19.8 Å². The maximum Gasteiger partial charge on any atom is 0.488 e. The van der Waals surface area contributed by atoms with E-state index in [1.165, 1.54) is 0 Å². The third kappa shape index (κ3) is 2.52. The summed E-state index contributed by atoms with van der Waals surface area (Å²) in [6.45, 7) is 1.90. The lowest BCUT2D eigenvalue weighted by Gasteiger charge is -2.11. The van der Waals surface area contributed by atoms with Crippen molar-refractivity contribution in [3.63, 3.8) is 0 Å². The molecule has 66 valence electrons. The molecule has 12 heavy (non-hydrogen) atoms. The Hall–Kier alpha value is 0.0449. The van der Waals surface area contributed by atoms with Gasteiger partial charge in [-0.1, -0.05) is 6.92 Å². The molecule has 1 saturated heterocycles. The van der Waals surface area contributed by atoms with Crippen molar-refractivity contribution in [2.45, 2.75) is 38.0 Å². The first-order valence-electron chi connectivity index (χ1n) is 3.85. The molecule has 0 spiro atoms. The van der Waals surface area contributed by atoms with Crippen molar-refractivity contribution < 1.29 is 18.7 Å². The lowest BCUT2D eigenvalue weighted by atomic mass is 9.96. The summed E-state index contributed by atoms with van der Waals surface area (Å²) in [6, 6.07) is -0.394. The van der Waals surface area contributed by atoms with Crippen molar-refractivity contribution in [3.05, 3.63) is 0 Å². The van der Waals surface area contributed by atoms with Gasteiger partial charge in [-0.25, -0.2) is 0 Å². The van der Waals surface area contributed by atoms with Gasteiger partial charge in [-0.3, -0.25) is 0 Å². The fourth-order valence-corrected chi connectivity index (χ4v) is 1.77. The minimum Gasteiger partial charge on any atom is -0.566 e. The van der Waals surface area contributed by atoms with Crippen LogP contribution < -0.4 is 4.89 Å². The summed E-state index contributed by atoms with van der Waals surface area (Å²) in [5.74, 6) is 0. The summed E-state index contributed by atoms with van der Waals surface area (Å²) in [7, 11) is 2.67. The molecule has 4 atom stereocenters. The summed E-state index contributed by atoms with van der Waals surface area (Å²) in [6.07, 6.45) is 0.572. The zero-order chi connectivity index (χ0) is 9.14. The molecule has 1 aliphatic rings. The molecule has 0 aliphatic carbocycles. The highest BCUT2D eigenvalue weighted by atomic mass is 31.1. The zero-order valence-electron chi connectivity index (χ0n) is 6.80. The smallest absolute Gasteiger partial charge is 0.488 e. The average Bonchev–Trinajstić information content (AvgIpc) is 2.29. The SMILES string of the molecule is [B][C@H]1CC(O[P+](=O)[O-])[C@@H](CC)O1. The van der Waals surface area contributed by atoms with Gasteiger partial charge in [-0.2, -0.15) is 0 Å². The molecule has 0 saturated carbocycles. The highest BCUT2D eigenvalue weighted by Gasteiger charge is 2.35. The van der Waals surface area contributed by atoms with Crippen LogP contribution in [0.15, 0.2) is 0 Å². The Morgan fingerprint density at radius 1 is 1.83 bits per heavy atom. The van der Waals surface area contributed by atoms with Gasteiger partial charge in [0.2, 0.25) is 0 Å². The summed E-state index contributed by atoms with van der Waals surface area (Å²) in [5, 5.41) is 0. The van der Waals surface area contributed by atoms with Gasteiger partial charge in [-0.05, 0) is 17.4 Å². The fourth-order valence-electron chi connectivity index (χ4n) is 1.33. The predicted molar refractivity (Wildman–Crippen MR) is 41.8 cm³/mol. The van der Waals surface area contributed by atoms with Crippen molar-refractivity contribution in [3.8, 4) is 0 Å². The topological polar surface area (TPSA) is 58.6 Å². The van der Waals surface area contributed by atoms with Crippen molar-refractivity contribution in [2.75, 3.05) is 0 Å². The van der Waals surface area contributed by atoms with E-state index in [2.05, 4.69) is 4.52 Å². The fraction of sp³-hybridized carbons (Fsp3) is 1.00. The lowest BCUT2D eigenvalue weighted by molar-refractivity contribution is -0.190. The molecule has 1 rings (SSSR count). The zero-order valence-corrected chi connectivity index (χ0v) is 7.70. The Morgan fingerprint density at radius 3 is 3.00 bits per heavy atom. The normalized spacial score (nSPS) is 36.8. The molecule has 0 N–H and O–H groups in total. The van der Waals surface area contributed by atoms with Crippen LogP contribution in [0.5, 0.6) is 0 Å². The van der Waals surface area contributed by atoms with E-state index in [4.69, 9.17) is 12.6 Å². The Bertz CT molecular complexity index is 177. The lowest BCUT2D eigenvalue weighted by Crippen LogP contribution is -2.22. The summed E-state index contributed by atoms with van der Waals surface area (Å²) >= 11 is 0. The van der Waals surface area contributed by atoms with Gasteiger partial charge in [0.25, 0.3) is 0 Å². The maximum atomic E-state index is 10.2. The first-order chi connectivity index (χ1) is 5.63. The Labute approximate surface area is 73.6 Å². The molecule has 1 heterocycles. The molecule has 2 radical (unpaired) electrons. The Morgan fingerprint density at radius 2 is 2.50 bits per heavy atom. The molecule has 0 aromatic carbocycles. The molecular weight excluding hydrogens is 178 g/mol. The molecule has 1 aliphatic heterocycles. The molecule has 1 fully saturated rings. The van der Waals surface area contributed by atoms with E-state index in [-0.39, 0.29) is 6.10 Å². The van der Waals surface area contributed by atoms with Gasteiger partial charge in [0.05, 0.1) is 6.10 Å². The maximum absolute atomic E-state index is 10.2. The highest BCUT2D eigenvalue weighted by Crippen LogP contribution is 2.28. The molecule has 2 unspecified atom stereocenters. The third-order valence-corrected chi connectivity index (χ3v) is 2.30. The van der Waals surface area contributed by atoms with Crippen molar-refractivity contribution in [1.29, 1.82) is 0 Å². The standard InChI is InChI=1S/C6H10BO4P/c1-2-4-5(11-12(8)9)3-6(7)10-4/h4-6H,2-3H2,1H3/t4-,5?,6-/m1/s1. The van der Waals surface area contributed by atoms with E-state index in [9.17, 15) is 9.46 Å². The van der Waals surface area contributed by atoms with Gasteiger partial charge < -0.3 is 9.63 Å². The van der Waals surface area contributed by atoms with E-state index >= 15 is 0 Å². The molecule has 0 amide bonds. The van der Waals surface area contributed by atoms with E-state index in [0.29, 0.717) is 12.8 Å². The van der Waals surface area contributed by atoms with Gasteiger partial charge >= 0.3 is 8.25 Å². The molecule has 0 aromatic rings. The monoisotopic (exact) mass is 188 g/mol. The average molecular weight is 188 g/mol. The number of ether oxygens (including phenoxy) is 1. The first-order valence-corrected chi connectivity index (χ1v) is 4.95. The predicted octanol–water partition coefficient (Wildman–Crippen LogP) is 0.0828. The second kappa shape index (κ2) is 4.33. The molecular formula is C6H10BO4P. The second-order valence-corrected chi connectivity index (χ2v) is 3.38. The van der Waals surface area contributed by atoms with Crippen LogP contribution in [-0.2, 0) is 13.8 Å². The van der Waals surface area contributed by atoms with Crippen LogP contribution in [0, 0.1) is 0 Å². The van der Waals surface area contributed by atoms with E-state index in [1.54, 1.807) is 0 Å². The van der Waals surface area contributed by atoms with Crippen LogP contribution in [0.2, 0.25) is 0 Å². The van der Waals surface area contributed by atoms with Crippen molar-refractivity contribution in [2.24, 2.45) is 0 Å². The Balaban J connectivity index is 2.46. The van der Waals surface area contributed by atoms with Gasteiger partial charge in [0, 0.05) is 6.00 Å². The van der Waals surface area contributed by atoms with Crippen molar-refractivity contribution in [1.82, 2.24) is 0 Å². The summed E-state index contributed by atoms with van der Waals surface area (Å²) in [5.41, 5.74) is 0. The number of hydrogen-bond acceptors (Lipinski definition) is 4. The first kappa shape index (κ1) is 10.1. The Kier molecular flexibility index (Phi) is 3.65. The number of rotatable bonds is 3. The number of hydrogen-bond donors (Lipinski definition) is 0. The van der Waals surface area contributed by atoms with E-state index in [0.717, 1.165) is 0 Å². The van der Waals surface area contributed by atoms with Crippen LogP contribution in [0.4, 0.5) is 0 Å². The molecule has 0 aromatic heterocycles. The summed E-state index contributed by atoms with van der Waals surface area (Å²) < 4.78 is 20.1. The highest BCUT2D eigenvalue weighted by molar-refractivity contribution is 7.30. The summed E-state index contributed by atoms with van der Waals surface area (Å²) in [4.78, 5) is 10.2. The molecule has 0 bridgehead atoms. The third-order valence-electron chi connectivity index (χ3n) is 1.85. The van der Waals surface area contributed by atoms with Crippen molar-refractivity contribution >= 4 is 16.1 Å². The van der Waals surface area contributed by atoms with E-state index < -0.39 is 20.4 Å². The minimum atomic E-state index is -2.80. The van der Waals surface area contributed by atoms with Crippen LogP contribution in [0.3, 0.4) is 0 Å². The largest absolute Gasteiger partial charge is 0.566 e. The van der Waals surface area contributed by atoms with E-state index in [1.807, 2.05) is 6.92 Å². The minimum absolute atomic E-state index is 0.187. The van der Waals surface area contributed by atoms with Crippen LogP contribution in [0.25, 0.3) is 0 Å². The quantitative estimate of drug-likeness (QED) is 0.464. The van der Waals surface area contributed by atoms with Crippen LogP contribution in [-0.4, -0.2) is 26.1 Å². The van der Waals surface area contributed by atoms with Gasteiger partial charge in [0.1, 0.15) is 14.0 Å². The van der Waals surface area contributed by atoms with Gasteiger partial charge in [-0.15, -0.1) is 4.52 Å². The van der Waals surface area contributed by atoms with Crippen LogP contribution >= 0.6 is 8.25 Å². The molecule has 4 nitrogen and oxygen atoms in total. The van der Waals surface area contributed by atoms with Gasteiger partial charge in [0.15, 0.2) is 0 Å².